The highest BCUT2D eigenvalue weighted by Gasteiger charge is 2.65. The molecule has 3 spiro atoms. The molecule has 5 heterocycles. The van der Waals surface area contributed by atoms with Crippen LogP contribution in [0.4, 0.5) is 0 Å². The normalized spacial score (nSPS) is 25.5. The lowest BCUT2D eigenvalue weighted by molar-refractivity contribution is -0.0399. The lowest BCUT2D eigenvalue weighted by Crippen LogP contribution is -2.55. The number of fused-ring (bicyclic) bond motifs is 27. The fourth-order valence-corrected chi connectivity index (χ4v) is 36.9. The lowest BCUT2D eigenvalue weighted by Gasteiger charge is -2.61. The van der Waals surface area contributed by atoms with Gasteiger partial charge in [-0.2, -0.15) is 0 Å². The van der Waals surface area contributed by atoms with Crippen LogP contribution in [-0.2, 0) is 21.7 Å². The lowest BCUT2D eigenvalue weighted by atomic mass is 9.43. The Morgan fingerprint density at radius 2 is 0.500 bits per heavy atom. The predicted octanol–water partition coefficient (Wildman–Crippen LogP) is 37.1. The summed E-state index contributed by atoms with van der Waals surface area (Å²) in [6, 6.07) is 146. The highest BCUT2D eigenvalue weighted by molar-refractivity contribution is 7.25. The molecule has 12 saturated carbocycles. The monoisotopic (exact) mass is 1890 g/mol. The van der Waals surface area contributed by atoms with Crippen molar-refractivity contribution in [1.29, 1.82) is 0 Å². The van der Waals surface area contributed by atoms with Crippen molar-refractivity contribution >= 4 is 119 Å². The van der Waals surface area contributed by atoms with Crippen molar-refractivity contribution in [1.82, 2.24) is 13.7 Å². The summed E-state index contributed by atoms with van der Waals surface area (Å²) in [5, 5.41) is 12.8. The SMILES string of the molecule is CC1(C)c2ccccc2-c2ccc(-n3c4ccccc4c4cc(-c5ccc6c(c5)-c5ccccc5C65C6CC7CC(C6)CC5C7)ccc43)cc21.c1ccc2c(c1)-c1cc(-c3ccc4c(c3)c3ccccc3n4-c3ccc4c(c3)oc3ccccc34)ccc1C21C2CC3CC(C2)CC1C3.c1ccc2c(c1)-c1cc(-c3ccc4c(c3)c3ccccc3n4-c3ccc4sc5ccccc5c4c3)ccc1C21C2CC3CC(C2)CC1C3. The van der Waals surface area contributed by atoms with Crippen LogP contribution in [0.2, 0.25) is 0 Å². The maximum absolute atomic E-state index is 6.31. The van der Waals surface area contributed by atoms with Crippen LogP contribution in [-0.4, -0.2) is 13.7 Å². The molecule has 146 heavy (non-hydrogen) atoms. The van der Waals surface area contributed by atoms with Gasteiger partial charge in [-0.05, 0) is 417 Å². The van der Waals surface area contributed by atoms with Gasteiger partial charge < -0.3 is 18.1 Å². The molecule has 0 aliphatic heterocycles. The Hall–Kier alpha value is -14.6. The number of nitrogens with zero attached hydrogens (tertiary/aromatic N) is 3. The van der Waals surface area contributed by atoms with Gasteiger partial charge in [0.15, 0.2) is 0 Å². The third kappa shape index (κ3) is 11.1. The second kappa shape index (κ2) is 30.1. The van der Waals surface area contributed by atoms with Crippen molar-refractivity contribution in [2.24, 2.45) is 71.0 Å². The van der Waals surface area contributed by atoms with Crippen molar-refractivity contribution in [2.75, 3.05) is 0 Å². The first-order chi connectivity index (χ1) is 72.0. The number of hydrogen-bond acceptors (Lipinski definition) is 2. The van der Waals surface area contributed by atoms with Gasteiger partial charge in [-0.25, -0.2) is 0 Å². The molecular weight excluding hydrogens is 1780 g/mol. The van der Waals surface area contributed by atoms with Crippen LogP contribution in [0.25, 0.3) is 202 Å². The van der Waals surface area contributed by atoms with Crippen molar-refractivity contribution < 1.29 is 4.42 Å². The fraction of sp³-hybridized carbons (Fsp3) is 0.234. The summed E-state index contributed by atoms with van der Waals surface area (Å²) in [5.41, 5.74) is 45.7. The molecule has 18 aromatic carbocycles. The van der Waals surface area contributed by atoms with Gasteiger partial charge in [0.25, 0.3) is 0 Å². The van der Waals surface area contributed by atoms with Crippen LogP contribution >= 0.6 is 11.3 Å². The van der Waals surface area contributed by atoms with E-state index < -0.39 is 0 Å². The smallest absolute Gasteiger partial charge is 0.137 e. The minimum atomic E-state index is -0.0324. The zero-order valence-electron chi connectivity index (χ0n) is 82.6. The third-order valence-corrected chi connectivity index (χ3v) is 41.9. The maximum Gasteiger partial charge on any atom is 0.137 e. The van der Waals surface area contributed by atoms with Crippen LogP contribution in [0.15, 0.2) is 387 Å². The Morgan fingerprint density at radius 1 is 0.199 bits per heavy atom. The second-order valence-corrected chi connectivity index (χ2v) is 48.7. The molecule has 5 aromatic heterocycles. The fourth-order valence-electron chi connectivity index (χ4n) is 35.8. The van der Waals surface area contributed by atoms with Crippen LogP contribution in [0.1, 0.15) is 155 Å². The van der Waals surface area contributed by atoms with Crippen LogP contribution in [0.3, 0.4) is 0 Å². The predicted molar refractivity (Wildman–Crippen MR) is 606 cm³/mol. The average molecular weight is 1900 g/mol. The molecule has 0 amide bonds. The van der Waals surface area contributed by atoms with E-state index in [0.717, 1.165) is 98.6 Å². The first-order valence-electron chi connectivity index (χ1n) is 54.9. The number of hydrogen-bond donors (Lipinski definition) is 0. The zero-order valence-corrected chi connectivity index (χ0v) is 83.4. The third-order valence-electron chi connectivity index (χ3n) is 40.7. The van der Waals surface area contributed by atoms with E-state index in [-0.39, 0.29) is 21.7 Å². The van der Waals surface area contributed by atoms with E-state index in [4.69, 9.17) is 4.42 Å². The van der Waals surface area contributed by atoms with Gasteiger partial charge in [-0.1, -0.05) is 263 Å². The van der Waals surface area contributed by atoms with E-state index in [9.17, 15) is 0 Å². The summed E-state index contributed by atoms with van der Waals surface area (Å²) in [4.78, 5) is 0. The van der Waals surface area contributed by atoms with Crippen molar-refractivity contribution in [2.45, 2.75) is 132 Å². The standard InChI is InChI=1S/C49H41N.C46H35NO.C46H35NS/c1-48(2)42-12-6-3-9-36(42)38-18-17-35(28-45(38)48)50-46-14-8-5-11-39(46)41-27-32(16-20-47(41)50)31-15-19-44-40(26-31)37-10-4-7-13-43(37)49(44)33-22-29-21-30(24-33)25-34(49)23-29;1-4-10-40-34(7-1)38-24-29(13-17-41(38)46(40)31-20-27-19-28(22-31)23-32(46)21-27)30-14-18-43-39(25-30)35-8-2-5-11-42(35)47(43)33-15-16-37-36-9-3-6-12-44(36)48-45(37)26-33;1-4-10-40-34(7-1)37-24-29(13-16-41(37)46(40)31-20-27-19-28(22-31)23-32(46)21-27)30-14-17-43-38(25-30)35-8-2-5-11-42(35)47(43)33-15-18-45-39(26-33)36-9-3-6-12-44(36)48-45/h3-20,26-30,33-34H,21-25H2,1-2H3;2*1-18,24-28,31-32H,19-23H2. The van der Waals surface area contributed by atoms with Crippen molar-refractivity contribution in [3.8, 4) is 95.0 Å². The van der Waals surface area contributed by atoms with Gasteiger partial charge in [0.05, 0.1) is 33.1 Å². The number of furan rings is 1. The van der Waals surface area contributed by atoms with E-state index in [2.05, 4.69) is 404 Å². The first-order valence-corrected chi connectivity index (χ1v) is 55.7. The largest absolute Gasteiger partial charge is 0.456 e. The summed E-state index contributed by atoms with van der Waals surface area (Å²) in [5.74, 6) is 10.6. The summed E-state index contributed by atoms with van der Waals surface area (Å²) in [6.07, 6.45) is 21.6. The first kappa shape index (κ1) is 82.7. The van der Waals surface area contributed by atoms with Gasteiger partial charge in [0.2, 0.25) is 0 Å². The Bertz CT molecular complexity index is 9550. The van der Waals surface area contributed by atoms with Gasteiger partial charge in [0.1, 0.15) is 11.2 Å². The van der Waals surface area contributed by atoms with Gasteiger partial charge in [0, 0.05) is 108 Å². The van der Waals surface area contributed by atoms with Crippen LogP contribution in [0.5, 0.6) is 0 Å². The molecule has 702 valence electrons. The molecule has 16 aliphatic rings. The Kier molecular flexibility index (Phi) is 17.0. The van der Waals surface area contributed by atoms with E-state index in [1.807, 2.05) is 17.4 Å². The molecule has 12 fully saturated rings. The van der Waals surface area contributed by atoms with Gasteiger partial charge in [-0.15, -0.1) is 11.3 Å². The highest BCUT2D eigenvalue weighted by Crippen LogP contribution is 2.74. The van der Waals surface area contributed by atoms with E-state index in [1.165, 1.54) is 282 Å². The summed E-state index contributed by atoms with van der Waals surface area (Å²) < 4.78 is 16.4. The van der Waals surface area contributed by atoms with Gasteiger partial charge >= 0.3 is 0 Å². The number of thiophene rings is 1. The average Bonchev–Trinajstić information content (AvgIpc) is 1.50. The minimum Gasteiger partial charge on any atom is -0.456 e. The minimum absolute atomic E-state index is 0.0324. The van der Waals surface area contributed by atoms with Gasteiger partial charge in [-0.3, -0.25) is 0 Å². The second-order valence-electron chi connectivity index (χ2n) is 47.6. The molecule has 0 unspecified atom stereocenters. The Balaban J connectivity index is 0.0000000941. The molecule has 5 heteroatoms. The molecule has 0 saturated heterocycles. The molecule has 0 atom stereocenters. The molecule has 39 rings (SSSR count). The molecule has 0 N–H and O–H groups in total. The van der Waals surface area contributed by atoms with E-state index >= 15 is 0 Å². The number of para-hydroxylation sites is 4. The van der Waals surface area contributed by atoms with E-state index in [1.54, 1.807) is 33.4 Å². The Morgan fingerprint density at radius 3 is 0.938 bits per heavy atom. The Labute approximate surface area is 855 Å². The number of benzene rings is 18. The molecular formula is C141H111N3OS. The number of aromatic nitrogens is 3. The summed E-state index contributed by atoms with van der Waals surface area (Å²) in [6.45, 7) is 4.75. The highest BCUT2D eigenvalue weighted by atomic mass is 32.1. The van der Waals surface area contributed by atoms with Crippen LogP contribution in [0, 0.1) is 71.0 Å². The zero-order chi connectivity index (χ0) is 95.2. The number of rotatable bonds is 6. The molecule has 0 radical (unpaired) electrons. The maximum atomic E-state index is 6.31. The molecule has 12 bridgehead atoms. The molecule has 23 aromatic rings. The quantitative estimate of drug-likeness (QED) is 0.163. The van der Waals surface area contributed by atoms with Crippen LogP contribution < -0.4 is 0 Å². The summed E-state index contributed by atoms with van der Waals surface area (Å²) in [7, 11) is 0. The summed E-state index contributed by atoms with van der Waals surface area (Å²) >= 11 is 1.88. The van der Waals surface area contributed by atoms with Crippen molar-refractivity contribution in [3.63, 3.8) is 0 Å². The molecule has 16 aliphatic carbocycles. The van der Waals surface area contributed by atoms with E-state index in [0.29, 0.717) is 0 Å². The topological polar surface area (TPSA) is 27.9 Å². The molecule has 4 nitrogen and oxygen atoms in total. The van der Waals surface area contributed by atoms with Crippen molar-refractivity contribution in [3.05, 3.63) is 427 Å².